The standard InChI is InChI=1S/C17H28N2S/c1-2-18-13-17(8-4-3-5-9-17)14-19-10-6-16-15(12-19)7-11-20-16/h7,11,18H,2-6,8-10,12-14H2,1H3. The molecule has 1 N–H and O–H groups in total. The first kappa shape index (κ1) is 14.6. The van der Waals surface area contributed by atoms with E-state index in [1.54, 1.807) is 10.4 Å². The minimum Gasteiger partial charge on any atom is -0.316 e. The van der Waals surface area contributed by atoms with Crippen molar-refractivity contribution in [2.45, 2.75) is 52.0 Å². The molecule has 3 heteroatoms. The minimum absolute atomic E-state index is 0.543. The summed E-state index contributed by atoms with van der Waals surface area (Å²) in [5.74, 6) is 0. The minimum atomic E-state index is 0.543. The van der Waals surface area contributed by atoms with E-state index in [2.05, 4.69) is 28.6 Å². The maximum Gasteiger partial charge on any atom is 0.0245 e. The highest BCUT2D eigenvalue weighted by Crippen LogP contribution is 2.38. The van der Waals surface area contributed by atoms with Crippen LogP contribution in [0.4, 0.5) is 0 Å². The summed E-state index contributed by atoms with van der Waals surface area (Å²) in [4.78, 5) is 4.35. The van der Waals surface area contributed by atoms with Crippen molar-refractivity contribution in [2.75, 3.05) is 26.2 Å². The smallest absolute Gasteiger partial charge is 0.0245 e. The van der Waals surface area contributed by atoms with Gasteiger partial charge in [0, 0.05) is 31.1 Å². The summed E-state index contributed by atoms with van der Waals surface area (Å²) in [6.07, 6.45) is 8.43. The maximum absolute atomic E-state index is 3.64. The van der Waals surface area contributed by atoms with E-state index in [1.807, 2.05) is 11.3 Å². The summed E-state index contributed by atoms with van der Waals surface area (Å²) in [6, 6.07) is 2.34. The molecule has 0 saturated heterocycles. The van der Waals surface area contributed by atoms with Crippen molar-refractivity contribution in [1.82, 2.24) is 10.2 Å². The second-order valence-electron chi connectivity index (χ2n) is 6.67. The molecule has 1 aliphatic heterocycles. The van der Waals surface area contributed by atoms with Gasteiger partial charge in [0.05, 0.1) is 0 Å². The molecule has 0 bridgehead atoms. The number of nitrogens with zero attached hydrogens (tertiary/aromatic N) is 1. The zero-order valence-corrected chi connectivity index (χ0v) is 13.6. The monoisotopic (exact) mass is 292 g/mol. The number of hydrogen-bond donors (Lipinski definition) is 1. The van der Waals surface area contributed by atoms with Crippen molar-refractivity contribution in [3.8, 4) is 0 Å². The highest BCUT2D eigenvalue weighted by atomic mass is 32.1. The van der Waals surface area contributed by atoms with E-state index in [0.29, 0.717) is 5.41 Å². The number of thiophene rings is 1. The van der Waals surface area contributed by atoms with Crippen molar-refractivity contribution in [3.63, 3.8) is 0 Å². The van der Waals surface area contributed by atoms with Crippen LogP contribution in [0, 0.1) is 5.41 Å². The van der Waals surface area contributed by atoms with Gasteiger partial charge in [0.2, 0.25) is 0 Å². The molecule has 0 unspecified atom stereocenters. The molecule has 0 spiro atoms. The Morgan fingerprint density at radius 3 is 2.95 bits per heavy atom. The molecule has 0 aromatic carbocycles. The highest BCUT2D eigenvalue weighted by Gasteiger charge is 2.34. The lowest BCUT2D eigenvalue weighted by atomic mass is 9.73. The summed E-state index contributed by atoms with van der Waals surface area (Å²) < 4.78 is 0. The van der Waals surface area contributed by atoms with Crippen molar-refractivity contribution in [1.29, 1.82) is 0 Å². The third-order valence-electron chi connectivity index (χ3n) is 5.11. The van der Waals surface area contributed by atoms with E-state index in [0.717, 1.165) is 6.54 Å². The van der Waals surface area contributed by atoms with Crippen LogP contribution in [0.25, 0.3) is 0 Å². The topological polar surface area (TPSA) is 15.3 Å². The zero-order valence-electron chi connectivity index (χ0n) is 12.8. The summed E-state index contributed by atoms with van der Waals surface area (Å²) in [7, 11) is 0. The van der Waals surface area contributed by atoms with Crippen LogP contribution in [0.5, 0.6) is 0 Å². The fourth-order valence-corrected chi connectivity index (χ4v) is 4.89. The SMILES string of the molecule is CCNCC1(CN2CCc3sccc3C2)CCCCC1. The molecule has 2 nitrogen and oxygen atoms in total. The van der Waals surface area contributed by atoms with Crippen molar-refractivity contribution < 1.29 is 0 Å². The van der Waals surface area contributed by atoms with Crippen LogP contribution in [0.1, 0.15) is 49.5 Å². The fourth-order valence-electron chi connectivity index (χ4n) is 4.00. The third kappa shape index (κ3) is 3.26. The molecule has 1 aromatic rings. The average Bonchev–Trinajstić information content (AvgIpc) is 2.94. The van der Waals surface area contributed by atoms with Gasteiger partial charge in [-0.3, -0.25) is 4.90 Å². The number of rotatable bonds is 5. The number of nitrogens with one attached hydrogen (secondary N) is 1. The van der Waals surface area contributed by atoms with E-state index < -0.39 is 0 Å². The van der Waals surface area contributed by atoms with Gasteiger partial charge in [-0.05, 0) is 48.2 Å². The molecule has 0 amide bonds. The van der Waals surface area contributed by atoms with Gasteiger partial charge in [-0.2, -0.15) is 0 Å². The fraction of sp³-hybridized carbons (Fsp3) is 0.765. The molecule has 2 heterocycles. The highest BCUT2D eigenvalue weighted by molar-refractivity contribution is 7.10. The van der Waals surface area contributed by atoms with Gasteiger partial charge in [0.25, 0.3) is 0 Å². The quantitative estimate of drug-likeness (QED) is 0.891. The van der Waals surface area contributed by atoms with Crippen LogP contribution in [0.2, 0.25) is 0 Å². The average molecular weight is 292 g/mol. The van der Waals surface area contributed by atoms with Crippen LogP contribution in [-0.2, 0) is 13.0 Å². The molecule has 1 aliphatic carbocycles. The summed E-state index contributed by atoms with van der Waals surface area (Å²) in [6.45, 7) is 8.31. The van der Waals surface area contributed by atoms with E-state index in [-0.39, 0.29) is 0 Å². The Labute approximate surface area is 127 Å². The Morgan fingerprint density at radius 2 is 2.15 bits per heavy atom. The molecular weight excluding hydrogens is 264 g/mol. The Hall–Kier alpha value is -0.380. The lowest BCUT2D eigenvalue weighted by Gasteiger charge is -2.42. The lowest BCUT2D eigenvalue weighted by Crippen LogP contribution is -2.46. The van der Waals surface area contributed by atoms with Gasteiger partial charge in [-0.25, -0.2) is 0 Å². The van der Waals surface area contributed by atoms with Crippen LogP contribution in [0.3, 0.4) is 0 Å². The van der Waals surface area contributed by atoms with E-state index >= 15 is 0 Å². The van der Waals surface area contributed by atoms with E-state index in [9.17, 15) is 0 Å². The maximum atomic E-state index is 3.64. The third-order valence-corrected chi connectivity index (χ3v) is 6.13. The predicted octanol–water partition coefficient (Wildman–Crippen LogP) is 3.67. The van der Waals surface area contributed by atoms with Crippen LogP contribution >= 0.6 is 11.3 Å². The van der Waals surface area contributed by atoms with Crippen molar-refractivity contribution >= 4 is 11.3 Å². The summed E-state index contributed by atoms with van der Waals surface area (Å²) >= 11 is 1.95. The second-order valence-corrected chi connectivity index (χ2v) is 7.67. The lowest BCUT2D eigenvalue weighted by molar-refractivity contribution is 0.0951. The Bertz CT molecular complexity index is 420. The van der Waals surface area contributed by atoms with Gasteiger partial charge >= 0.3 is 0 Å². The molecule has 3 rings (SSSR count). The molecular formula is C17H28N2S. The van der Waals surface area contributed by atoms with E-state index in [4.69, 9.17) is 0 Å². The first-order valence-electron chi connectivity index (χ1n) is 8.30. The van der Waals surface area contributed by atoms with Gasteiger partial charge in [-0.1, -0.05) is 26.2 Å². The Morgan fingerprint density at radius 1 is 1.30 bits per heavy atom. The Balaban J connectivity index is 1.64. The molecule has 112 valence electrons. The van der Waals surface area contributed by atoms with Crippen molar-refractivity contribution in [3.05, 3.63) is 21.9 Å². The molecule has 0 atom stereocenters. The largest absolute Gasteiger partial charge is 0.316 e. The normalized spacial score (nSPS) is 22.6. The van der Waals surface area contributed by atoms with Crippen LogP contribution < -0.4 is 5.32 Å². The van der Waals surface area contributed by atoms with Crippen molar-refractivity contribution in [2.24, 2.45) is 5.41 Å². The van der Waals surface area contributed by atoms with Gasteiger partial charge in [0.1, 0.15) is 0 Å². The molecule has 1 saturated carbocycles. The summed E-state index contributed by atoms with van der Waals surface area (Å²) in [5, 5.41) is 5.90. The van der Waals surface area contributed by atoms with Gasteiger partial charge in [-0.15, -0.1) is 11.3 Å². The molecule has 2 aliphatic rings. The number of hydrogen-bond acceptors (Lipinski definition) is 3. The first-order chi connectivity index (χ1) is 9.81. The van der Waals surface area contributed by atoms with Crippen LogP contribution in [-0.4, -0.2) is 31.1 Å². The molecule has 1 fully saturated rings. The number of fused-ring (bicyclic) bond motifs is 1. The second kappa shape index (κ2) is 6.59. The van der Waals surface area contributed by atoms with Gasteiger partial charge < -0.3 is 5.32 Å². The first-order valence-corrected chi connectivity index (χ1v) is 9.18. The molecule has 20 heavy (non-hydrogen) atoms. The van der Waals surface area contributed by atoms with Gasteiger partial charge in [0.15, 0.2) is 0 Å². The Kier molecular flexibility index (Phi) is 4.79. The predicted molar refractivity (Wildman–Crippen MR) is 87.4 cm³/mol. The molecule has 0 radical (unpaired) electrons. The zero-order chi connectivity index (χ0) is 13.8. The van der Waals surface area contributed by atoms with E-state index in [1.165, 1.54) is 64.7 Å². The van der Waals surface area contributed by atoms with Crippen LogP contribution in [0.15, 0.2) is 11.4 Å². The molecule has 1 aromatic heterocycles. The summed E-state index contributed by atoms with van der Waals surface area (Å²) in [5.41, 5.74) is 2.14.